The van der Waals surface area contributed by atoms with Crippen molar-refractivity contribution in [3.8, 4) is 23.0 Å². The van der Waals surface area contributed by atoms with Gasteiger partial charge in [0.05, 0.1) is 0 Å². The van der Waals surface area contributed by atoms with Crippen LogP contribution in [-0.4, -0.2) is 31.6 Å². The number of phenols is 3. The highest BCUT2D eigenvalue weighted by Crippen LogP contribution is 2.48. The van der Waals surface area contributed by atoms with Crippen molar-refractivity contribution in [3.05, 3.63) is 47.5 Å². The van der Waals surface area contributed by atoms with E-state index in [1.807, 2.05) is 0 Å². The number of aliphatic hydroxyl groups is 2. The first kappa shape index (κ1) is 13.5. The fraction of sp³-hybridized carbons (Fsp3) is 0.200. The van der Waals surface area contributed by atoms with E-state index < -0.39 is 24.1 Å². The molecule has 0 saturated heterocycles. The second-order valence-corrected chi connectivity index (χ2v) is 4.92. The zero-order valence-corrected chi connectivity index (χ0v) is 10.8. The third-order valence-electron chi connectivity index (χ3n) is 3.56. The van der Waals surface area contributed by atoms with Crippen LogP contribution in [0.15, 0.2) is 36.4 Å². The molecule has 0 spiro atoms. The van der Waals surface area contributed by atoms with Crippen LogP contribution < -0.4 is 4.74 Å². The second kappa shape index (κ2) is 4.83. The summed E-state index contributed by atoms with van der Waals surface area (Å²) in [7, 11) is 0. The predicted octanol–water partition coefficient (Wildman–Crippen LogP) is 1.33. The lowest BCUT2D eigenvalue weighted by molar-refractivity contribution is -0.0710. The molecule has 1 aliphatic rings. The molecule has 3 rings (SSSR count). The van der Waals surface area contributed by atoms with E-state index in [1.165, 1.54) is 24.3 Å². The summed E-state index contributed by atoms with van der Waals surface area (Å²) >= 11 is 0. The molecule has 0 unspecified atom stereocenters. The maximum atomic E-state index is 10.2. The van der Waals surface area contributed by atoms with Crippen molar-refractivity contribution in [2.75, 3.05) is 0 Å². The van der Waals surface area contributed by atoms with Gasteiger partial charge in [-0.3, -0.25) is 0 Å². The first-order valence-corrected chi connectivity index (χ1v) is 6.35. The molecule has 110 valence electrons. The number of hydrogen-bond donors (Lipinski definition) is 5. The fourth-order valence-corrected chi connectivity index (χ4v) is 2.41. The molecule has 1 aliphatic heterocycles. The molecular weight excluding hydrogens is 276 g/mol. The summed E-state index contributed by atoms with van der Waals surface area (Å²) in [6, 6.07) is 8.53. The third-order valence-corrected chi connectivity index (χ3v) is 3.56. The Labute approximate surface area is 120 Å². The molecule has 0 bridgehead atoms. The van der Waals surface area contributed by atoms with Crippen molar-refractivity contribution in [1.82, 2.24) is 0 Å². The van der Waals surface area contributed by atoms with Crippen molar-refractivity contribution >= 4 is 0 Å². The summed E-state index contributed by atoms with van der Waals surface area (Å²) in [6.45, 7) is 0. The third kappa shape index (κ3) is 2.14. The first-order valence-electron chi connectivity index (χ1n) is 6.35. The van der Waals surface area contributed by atoms with Gasteiger partial charge in [0, 0.05) is 5.56 Å². The standard InChI is InChI=1S/C15H14O6/c16-8-3-1-7(2-4-8)14-13(20)11(18)9-5-6-10(17)12(19)15(9)21-14/h1-6,11,13-14,16-20H/t11-,13-,14-/m0/s1. The number of benzene rings is 2. The average Bonchev–Trinajstić information content (AvgIpc) is 2.48. The van der Waals surface area contributed by atoms with Crippen molar-refractivity contribution in [3.63, 3.8) is 0 Å². The van der Waals surface area contributed by atoms with E-state index in [0.29, 0.717) is 5.56 Å². The van der Waals surface area contributed by atoms with E-state index in [-0.39, 0.29) is 22.8 Å². The normalized spacial score (nSPS) is 24.2. The number of phenolic OH excluding ortho intramolecular Hbond substituents is 3. The summed E-state index contributed by atoms with van der Waals surface area (Å²) in [6.07, 6.45) is -3.44. The fourth-order valence-electron chi connectivity index (χ4n) is 2.41. The smallest absolute Gasteiger partial charge is 0.200 e. The van der Waals surface area contributed by atoms with Crippen molar-refractivity contribution in [2.24, 2.45) is 0 Å². The zero-order chi connectivity index (χ0) is 15.1. The molecule has 0 aliphatic carbocycles. The molecule has 0 saturated carbocycles. The zero-order valence-electron chi connectivity index (χ0n) is 10.8. The lowest BCUT2D eigenvalue weighted by atomic mass is 9.92. The minimum Gasteiger partial charge on any atom is -0.508 e. The Balaban J connectivity index is 2.06. The molecule has 3 atom stereocenters. The lowest BCUT2D eigenvalue weighted by Crippen LogP contribution is -2.34. The topological polar surface area (TPSA) is 110 Å². The van der Waals surface area contributed by atoms with Crippen molar-refractivity contribution < 1.29 is 30.3 Å². The van der Waals surface area contributed by atoms with Crippen molar-refractivity contribution in [2.45, 2.75) is 18.3 Å². The second-order valence-electron chi connectivity index (χ2n) is 4.92. The van der Waals surface area contributed by atoms with E-state index in [4.69, 9.17) is 4.74 Å². The molecule has 0 radical (unpaired) electrons. The predicted molar refractivity (Wildman–Crippen MR) is 72.2 cm³/mol. The van der Waals surface area contributed by atoms with Crippen LogP contribution in [0.4, 0.5) is 0 Å². The van der Waals surface area contributed by atoms with E-state index >= 15 is 0 Å². The van der Waals surface area contributed by atoms with Gasteiger partial charge in [0.1, 0.15) is 18.0 Å². The van der Waals surface area contributed by atoms with Crippen molar-refractivity contribution in [1.29, 1.82) is 0 Å². The van der Waals surface area contributed by atoms with Crippen LogP contribution >= 0.6 is 0 Å². The molecule has 2 aromatic carbocycles. The minimum absolute atomic E-state index is 0.0606. The van der Waals surface area contributed by atoms with Gasteiger partial charge in [-0.2, -0.15) is 0 Å². The Morgan fingerprint density at radius 1 is 0.857 bits per heavy atom. The number of rotatable bonds is 1. The summed E-state index contributed by atoms with van der Waals surface area (Å²) in [5.74, 6) is -0.861. The van der Waals surface area contributed by atoms with Gasteiger partial charge < -0.3 is 30.3 Å². The largest absolute Gasteiger partial charge is 0.508 e. The average molecular weight is 290 g/mol. The Morgan fingerprint density at radius 3 is 2.19 bits per heavy atom. The van der Waals surface area contributed by atoms with Crippen LogP contribution in [0.1, 0.15) is 23.3 Å². The summed E-state index contributed by atoms with van der Waals surface area (Å²) < 4.78 is 5.55. The van der Waals surface area contributed by atoms with Crippen LogP contribution in [0, 0.1) is 0 Å². The molecule has 21 heavy (non-hydrogen) atoms. The molecule has 0 amide bonds. The first-order chi connectivity index (χ1) is 9.99. The Morgan fingerprint density at radius 2 is 1.52 bits per heavy atom. The maximum absolute atomic E-state index is 10.2. The number of aliphatic hydroxyl groups excluding tert-OH is 2. The van der Waals surface area contributed by atoms with Gasteiger partial charge in [-0.15, -0.1) is 0 Å². The molecule has 0 fully saturated rings. The van der Waals surface area contributed by atoms with Crippen LogP contribution in [0.5, 0.6) is 23.0 Å². The molecule has 5 N–H and O–H groups in total. The van der Waals surface area contributed by atoms with E-state index in [1.54, 1.807) is 12.1 Å². The number of hydrogen-bond acceptors (Lipinski definition) is 6. The maximum Gasteiger partial charge on any atom is 0.200 e. The SMILES string of the molecule is Oc1ccc([C@@H]2Oc3c(ccc(O)c3O)[C@H](O)[C@@H]2O)cc1. The van der Waals surface area contributed by atoms with Gasteiger partial charge in [0.2, 0.25) is 5.75 Å². The minimum atomic E-state index is -1.26. The molecule has 6 nitrogen and oxygen atoms in total. The van der Waals surface area contributed by atoms with Crippen LogP contribution in [0.25, 0.3) is 0 Å². The highest BCUT2D eigenvalue weighted by molar-refractivity contribution is 5.56. The van der Waals surface area contributed by atoms with E-state index in [0.717, 1.165) is 0 Å². The molecule has 2 aromatic rings. The monoisotopic (exact) mass is 290 g/mol. The summed E-state index contributed by atoms with van der Waals surface area (Å²) in [5, 5.41) is 49.0. The number of fused-ring (bicyclic) bond motifs is 1. The van der Waals surface area contributed by atoms with Gasteiger partial charge >= 0.3 is 0 Å². The molecular formula is C15H14O6. The molecule has 1 heterocycles. The van der Waals surface area contributed by atoms with E-state index in [9.17, 15) is 25.5 Å². The number of ether oxygens (including phenoxy) is 1. The van der Waals surface area contributed by atoms with Crippen LogP contribution in [0.2, 0.25) is 0 Å². The quantitative estimate of drug-likeness (QED) is 0.507. The summed E-state index contributed by atoms with van der Waals surface area (Å²) in [4.78, 5) is 0. The van der Waals surface area contributed by atoms with Gasteiger partial charge in [0.15, 0.2) is 17.6 Å². The van der Waals surface area contributed by atoms with E-state index in [2.05, 4.69) is 0 Å². The van der Waals surface area contributed by atoms with Gasteiger partial charge in [0.25, 0.3) is 0 Å². The Kier molecular flexibility index (Phi) is 3.12. The van der Waals surface area contributed by atoms with Gasteiger partial charge in [-0.1, -0.05) is 12.1 Å². The summed E-state index contributed by atoms with van der Waals surface area (Å²) in [5.41, 5.74) is 0.723. The molecule has 6 heteroatoms. The Bertz CT molecular complexity index is 667. The highest BCUT2D eigenvalue weighted by Gasteiger charge is 2.39. The Hall–Kier alpha value is -2.44. The lowest BCUT2D eigenvalue weighted by Gasteiger charge is -2.34. The highest BCUT2D eigenvalue weighted by atomic mass is 16.5. The van der Waals surface area contributed by atoms with Crippen LogP contribution in [-0.2, 0) is 0 Å². The van der Waals surface area contributed by atoms with Gasteiger partial charge in [-0.25, -0.2) is 0 Å². The van der Waals surface area contributed by atoms with Crippen LogP contribution in [0.3, 0.4) is 0 Å². The molecule has 0 aromatic heterocycles. The number of aromatic hydroxyl groups is 3. The van der Waals surface area contributed by atoms with Gasteiger partial charge in [-0.05, 0) is 29.8 Å².